The van der Waals surface area contributed by atoms with E-state index in [2.05, 4.69) is 20.3 Å². The minimum absolute atomic E-state index is 0.251. The van der Waals surface area contributed by atoms with Crippen LogP contribution in [-0.2, 0) is 0 Å². The summed E-state index contributed by atoms with van der Waals surface area (Å²) < 4.78 is 5.31. The normalized spacial score (nSPS) is 10.7. The number of benzene rings is 2. The summed E-state index contributed by atoms with van der Waals surface area (Å²) in [7, 11) is 1.59. The predicted octanol–water partition coefficient (Wildman–Crippen LogP) is 3.74. The van der Waals surface area contributed by atoms with Crippen molar-refractivity contribution in [3.63, 3.8) is 0 Å². The molecule has 2 aromatic heterocycles. The molecule has 0 fully saturated rings. The Labute approximate surface area is 149 Å². The Bertz CT molecular complexity index is 1120. The first-order valence-corrected chi connectivity index (χ1v) is 8.11. The largest absolute Gasteiger partial charge is 0.495 e. The van der Waals surface area contributed by atoms with E-state index in [0.717, 1.165) is 11.1 Å². The standard InChI is InChI=1S/C20H16N4O2/c1-26-16-10-6-5-9-15(16)22-20-23-18-17(19(25)24-20)14(11-12-21-18)13-7-3-2-4-8-13/h2-12H,1H3,(H2,21,22,23,24,25). The number of fused-ring (bicyclic) bond motifs is 1. The highest BCUT2D eigenvalue weighted by Crippen LogP contribution is 2.27. The van der Waals surface area contributed by atoms with Crippen LogP contribution in [0.2, 0.25) is 0 Å². The van der Waals surface area contributed by atoms with Gasteiger partial charge in [-0.25, -0.2) is 4.98 Å². The number of pyridine rings is 1. The van der Waals surface area contributed by atoms with Crippen molar-refractivity contribution in [1.82, 2.24) is 15.0 Å². The molecule has 0 spiro atoms. The molecule has 0 aliphatic heterocycles. The monoisotopic (exact) mass is 344 g/mol. The van der Waals surface area contributed by atoms with Crippen molar-refractivity contribution >= 4 is 22.7 Å². The number of nitrogens with one attached hydrogen (secondary N) is 2. The third-order valence-corrected chi connectivity index (χ3v) is 4.05. The number of aromatic amines is 1. The smallest absolute Gasteiger partial charge is 0.262 e. The molecule has 0 bridgehead atoms. The molecule has 4 rings (SSSR count). The zero-order chi connectivity index (χ0) is 17.9. The third-order valence-electron chi connectivity index (χ3n) is 4.05. The molecule has 128 valence electrons. The van der Waals surface area contributed by atoms with Gasteiger partial charge in [0, 0.05) is 6.20 Å². The second-order valence-corrected chi connectivity index (χ2v) is 5.66. The molecule has 0 amide bonds. The van der Waals surface area contributed by atoms with Crippen LogP contribution >= 0.6 is 0 Å². The number of hydrogen-bond acceptors (Lipinski definition) is 5. The molecule has 2 aromatic carbocycles. The molecule has 4 aromatic rings. The SMILES string of the molecule is COc1ccccc1Nc1nc2nccc(-c3ccccc3)c2c(=O)[nH]1. The average Bonchev–Trinajstić information content (AvgIpc) is 2.68. The maximum absolute atomic E-state index is 12.7. The summed E-state index contributed by atoms with van der Waals surface area (Å²) >= 11 is 0. The van der Waals surface area contributed by atoms with Gasteiger partial charge in [-0.05, 0) is 29.3 Å². The highest BCUT2D eigenvalue weighted by Gasteiger charge is 2.12. The van der Waals surface area contributed by atoms with Crippen LogP contribution in [-0.4, -0.2) is 22.1 Å². The van der Waals surface area contributed by atoms with Gasteiger partial charge in [0.15, 0.2) is 5.65 Å². The molecule has 0 saturated heterocycles. The molecule has 6 nitrogen and oxygen atoms in total. The second kappa shape index (κ2) is 6.68. The lowest BCUT2D eigenvalue weighted by Gasteiger charge is -2.11. The van der Waals surface area contributed by atoms with Crippen molar-refractivity contribution in [1.29, 1.82) is 0 Å². The first-order valence-electron chi connectivity index (χ1n) is 8.11. The molecule has 2 heterocycles. The molecule has 0 aliphatic carbocycles. The fourth-order valence-corrected chi connectivity index (χ4v) is 2.86. The quantitative estimate of drug-likeness (QED) is 0.589. The Morgan fingerprint density at radius 1 is 1.00 bits per heavy atom. The average molecular weight is 344 g/mol. The van der Waals surface area contributed by atoms with E-state index in [0.29, 0.717) is 28.4 Å². The van der Waals surface area contributed by atoms with E-state index in [1.807, 2.05) is 60.7 Å². The van der Waals surface area contributed by atoms with E-state index in [-0.39, 0.29) is 5.56 Å². The second-order valence-electron chi connectivity index (χ2n) is 5.66. The van der Waals surface area contributed by atoms with Crippen molar-refractivity contribution in [2.75, 3.05) is 12.4 Å². The lowest BCUT2D eigenvalue weighted by Crippen LogP contribution is -2.13. The topological polar surface area (TPSA) is 79.9 Å². The van der Waals surface area contributed by atoms with E-state index >= 15 is 0 Å². The van der Waals surface area contributed by atoms with E-state index in [1.165, 1.54) is 0 Å². The van der Waals surface area contributed by atoms with Gasteiger partial charge in [-0.2, -0.15) is 4.98 Å². The lowest BCUT2D eigenvalue weighted by molar-refractivity contribution is 0.417. The van der Waals surface area contributed by atoms with Crippen molar-refractivity contribution in [2.45, 2.75) is 0 Å². The minimum atomic E-state index is -0.251. The Morgan fingerprint density at radius 3 is 2.58 bits per heavy atom. The Hall–Kier alpha value is -3.67. The maximum atomic E-state index is 12.7. The van der Waals surface area contributed by atoms with Crippen LogP contribution in [0.3, 0.4) is 0 Å². The molecule has 0 radical (unpaired) electrons. The van der Waals surface area contributed by atoms with Crippen molar-refractivity contribution in [3.05, 3.63) is 77.2 Å². The number of para-hydroxylation sites is 2. The molecule has 26 heavy (non-hydrogen) atoms. The Balaban J connectivity index is 1.82. The number of H-pyrrole nitrogens is 1. The molecule has 2 N–H and O–H groups in total. The molecule has 0 unspecified atom stereocenters. The van der Waals surface area contributed by atoms with Gasteiger partial charge in [-0.1, -0.05) is 42.5 Å². The van der Waals surface area contributed by atoms with Crippen LogP contribution < -0.4 is 15.6 Å². The molecular formula is C20H16N4O2. The fraction of sp³-hybridized carbons (Fsp3) is 0.0500. The number of nitrogens with zero attached hydrogens (tertiary/aromatic N) is 2. The first kappa shape index (κ1) is 15.8. The van der Waals surface area contributed by atoms with Crippen LogP contribution in [0.4, 0.5) is 11.6 Å². The van der Waals surface area contributed by atoms with Crippen molar-refractivity contribution in [3.8, 4) is 16.9 Å². The van der Waals surface area contributed by atoms with Gasteiger partial charge in [-0.15, -0.1) is 0 Å². The van der Waals surface area contributed by atoms with Gasteiger partial charge < -0.3 is 10.1 Å². The fourth-order valence-electron chi connectivity index (χ4n) is 2.86. The zero-order valence-corrected chi connectivity index (χ0v) is 14.1. The number of anilines is 2. The predicted molar refractivity (Wildman–Crippen MR) is 102 cm³/mol. The summed E-state index contributed by atoms with van der Waals surface area (Å²) in [6.07, 6.45) is 1.66. The van der Waals surface area contributed by atoms with Crippen LogP contribution in [0.5, 0.6) is 5.75 Å². The van der Waals surface area contributed by atoms with Gasteiger partial charge >= 0.3 is 0 Å². The number of aromatic nitrogens is 3. The highest BCUT2D eigenvalue weighted by molar-refractivity contribution is 5.92. The van der Waals surface area contributed by atoms with Gasteiger partial charge in [0.25, 0.3) is 5.56 Å². The zero-order valence-electron chi connectivity index (χ0n) is 14.1. The summed E-state index contributed by atoms with van der Waals surface area (Å²) in [6.45, 7) is 0. The van der Waals surface area contributed by atoms with Gasteiger partial charge in [0.1, 0.15) is 5.75 Å². The van der Waals surface area contributed by atoms with Crippen molar-refractivity contribution in [2.24, 2.45) is 0 Å². The number of rotatable bonds is 4. The van der Waals surface area contributed by atoms with Gasteiger partial charge in [0.05, 0.1) is 18.2 Å². The molecule has 6 heteroatoms. The molecule has 0 atom stereocenters. The van der Waals surface area contributed by atoms with Crippen LogP contribution in [0.25, 0.3) is 22.2 Å². The number of methoxy groups -OCH3 is 1. The van der Waals surface area contributed by atoms with E-state index in [1.54, 1.807) is 13.3 Å². The number of ether oxygens (including phenoxy) is 1. The molecule has 0 saturated carbocycles. The van der Waals surface area contributed by atoms with E-state index in [4.69, 9.17) is 4.74 Å². The maximum Gasteiger partial charge on any atom is 0.262 e. The summed E-state index contributed by atoms with van der Waals surface area (Å²) in [6, 6.07) is 18.9. The minimum Gasteiger partial charge on any atom is -0.495 e. The van der Waals surface area contributed by atoms with E-state index < -0.39 is 0 Å². The highest BCUT2D eigenvalue weighted by atomic mass is 16.5. The van der Waals surface area contributed by atoms with Gasteiger partial charge in [0.2, 0.25) is 5.95 Å². The van der Waals surface area contributed by atoms with Crippen molar-refractivity contribution < 1.29 is 4.74 Å². The summed E-state index contributed by atoms with van der Waals surface area (Å²) in [5, 5.41) is 3.55. The number of hydrogen-bond donors (Lipinski definition) is 2. The Kier molecular flexibility index (Phi) is 4.07. The molecule has 0 aliphatic rings. The summed E-state index contributed by atoms with van der Waals surface area (Å²) in [5.74, 6) is 0.964. The Morgan fingerprint density at radius 2 is 1.77 bits per heavy atom. The molecular weight excluding hydrogens is 328 g/mol. The van der Waals surface area contributed by atoms with Crippen LogP contribution in [0, 0.1) is 0 Å². The lowest BCUT2D eigenvalue weighted by atomic mass is 10.0. The first-order chi connectivity index (χ1) is 12.8. The van der Waals surface area contributed by atoms with Crippen LogP contribution in [0.1, 0.15) is 0 Å². The van der Waals surface area contributed by atoms with Crippen LogP contribution in [0.15, 0.2) is 71.7 Å². The van der Waals surface area contributed by atoms with Gasteiger partial charge in [-0.3, -0.25) is 9.78 Å². The van der Waals surface area contributed by atoms with E-state index in [9.17, 15) is 4.79 Å². The summed E-state index contributed by atoms with van der Waals surface area (Å²) in [4.78, 5) is 24.2. The summed E-state index contributed by atoms with van der Waals surface area (Å²) in [5.41, 5.74) is 2.58. The third kappa shape index (κ3) is 2.88.